The fourth-order valence-electron chi connectivity index (χ4n) is 1.92. The highest BCUT2D eigenvalue weighted by molar-refractivity contribution is 5.08. The first-order chi connectivity index (χ1) is 8.52. The number of hydrogen-bond donors (Lipinski definition) is 1. The zero-order valence-corrected chi connectivity index (χ0v) is 11.2. The Bertz CT molecular complexity index is 222. The highest BCUT2D eigenvalue weighted by Gasteiger charge is 2.32. The van der Waals surface area contributed by atoms with Crippen LogP contribution in [0.2, 0.25) is 0 Å². The smallest absolute Gasteiger partial charge is 0.392 e. The van der Waals surface area contributed by atoms with Gasteiger partial charge in [0.05, 0.1) is 6.61 Å². The summed E-state index contributed by atoms with van der Waals surface area (Å²) in [5.74, 6) is 0. The van der Waals surface area contributed by atoms with E-state index in [-0.39, 0.29) is 6.42 Å². The van der Waals surface area contributed by atoms with Crippen LogP contribution in [0.5, 0.6) is 0 Å². The van der Waals surface area contributed by atoms with Crippen LogP contribution in [0, 0.1) is 0 Å². The molecule has 0 unspecified atom stereocenters. The quantitative estimate of drug-likeness (QED) is 0.436. The molecule has 1 nitrogen and oxygen atoms in total. The molecule has 0 aliphatic rings. The first kappa shape index (κ1) is 17.5. The number of alkyl halides is 3. The Kier molecular flexibility index (Phi) is 10.1. The summed E-state index contributed by atoms with van der Waals surface area (Å²) in [5.41, 5.74) is -0.587. The van der Waals surface area contributed by atoms with Gasteiger partial charge in [0.1, 0.15) is 0 Å². The SMILES string of the molecule is CCCCCCCCCC/C(=C\CO)C(F)(F)F. The van der Waals surface area contributed by atoms with E-state index in [0.29, 0.717) is 6.42 Å². The van der Waals surface area contributed by atoms with Crippen molar-refractivity contribution in [2.75, 3.05) is 6.61 Å². The fraction of sp³-hybridized carbons (Fsp3) is 0.857. The molecule has 0 aromatic heterocycles. The highest BCUT2D eigenvalue weighted by atomic mass is 19.4. The molecule has 0 aromatic carbocycles. The topological polar surface area (TPSA) is 20.2 Å². The maximum absolute atomic E-state index is 12.4. The van der Waals surface area contributed by atoms with Crippen LogP contribution < -0.4 is 0 Å². The van der Waals surface area contributed by atoms with Crippen molar-refractivity contribution in [3.05, 3.63) is 11.6 Å². The molecule has 0 spiro atoms. The lowest BCUT2D eigenvalue weighted by atomic mass is 10.0. The third-order valence-electron chi connectivity index (χ3n) is 3.00. The minimum Gasteiger partial charge on any atom is -0.392 e. The van der Waals surface area contributed by atoms with Gasteiger partial charge in [0.2, 0.25) is 0 Å². The van der Waals surface area contributed by atoms with Crippen LogP contribution in [0.15, 0.2) is 11.6 Å². The second-order valence-corrected chi connectivity index (χ2v) is 4.63. The molecule has 0 aliphatic carbocycles. The second kappa shape index (κ2) is 10.4. The molecule has 1 N–H and O–H groups in total. The first-order valence-corrected chi connectivity index (χ1v) is 6.89. The van der Waals surface area contributed by atoms with Crippen molar-refractivity contribution in [2.24, 2.45) is 0 Å². The first-order valence-electron chi connectivity index (χ1n) is 6.89. The summed E-state index contributed by atoms with van der Waals surface area (Å²) in [5, 5.41) is 8.55. The summed E-state index contributed by atoms with van der Waals surface area (Å²) < 4.78 is 37.3. The Morgan fingerprint density at radius 2 is 1.44 bits per heavy atom. The standard InChI is InChI=1S/C14H25F3O/c1-2-3-4-5-6-7-8-9-10-13(11-12-18)14(15,16)17/h11,18H,2-10,12H2,1H3/b13-11+. The zero-order valence-electron chi connectivity index (χ0n) is 11.2. The number of rotatable bonds is 10. The van der Waals surface area contributed by atoms with Gasteiger partial charge in [-0.3, -0.25) is 0 Å². The number of hydrogen-bond acceptors (Lipinski definition) is 1. The monoisotopic (exact) mass is 266 g/mol. The molecular formula is C14H25F3O. The molecule has 0 aliphatic heterocycles. The summed E-state index contributed by atoms with van der Waals surface area (Å²) >= 11 is 0. The molecule has 0 aromatic rings. The second-order valence-electron chi connectivity index (χ2n) is 4.63. The van der Waals surface area contributed by atoms with Gasteiger partial charge in [-0.25, -0.2) is 0 Å². The normalized spacial score (nSPS) is 13.1. The summed E-state index contributed by atoms with van der Waals surface area (Å²) in [7, 11) is 0. The van der Waals surface area contributed by atoms with Gasteiger partial charge in [-0.1, -0.05) is 57.9 Å². The molecule has 18 heavy (non-hydrogen) atoms. The van der Waals surface area contributed by atoms with E-state index in [4.69, 9.17) is 5.11 Å². The number of aliphatic hydroxyl groups is 1. The van der Waals surface area contributed by atoms with E-state index in [1.165, 1.54) is 25.7 Å². The van der Waals surface area contributed by atoms with Crippen molar-refractivity contribution in [1.82, 2.24) is 0 Å². The fourth-order valence-corrected chi connectivity index (χ4v) is 1.92. The molecule has 108 valence electrons. The molecule has 0 fully saturated rings. The van der Waals surface area contributed by atoms with E-state index in [9.17, 15) is 13.2 Å². The van der Waals surface area contributed by atoms with Crippen LogP contribution in [-0.2, 0) is 0 Å². The Morgan fingerprint density at radius 3 is 1.89 bits per heavy atom. The number of unbranched alkanes of at least 4 members (excludes halogenated alkanes) is 7. The maximum Gasteiger partial charge on any atom is 0.412 e. The van der Waals surface area contributed by atoms with E-state index >= 15 is 0 Å². The van der Waals surface area contributed by atoms with Gasteiger partial charge in [0.15, 0.2) is 0 Å². The molecular weight excluding hydrogens is 241 g/mol. The van der Waals surface area contributed by atoms with Gasteiger partial charge in [-0.15, -0.1) is 0 Å². The lowest BCUT2D eigenvalue weighted by Gasteiger charge is -2.11. The van der Waals surface area contributed by atoms with E-state index in [1.807, 2.05) is 0 Å². The Balaban J connectivity index is 3.60. The Hall–Kier alpha value is -0.510. The summed E-state index contributed by atoms with van der Waals surface area (Å²) in [6.07, 6.45) is 5.01. The van der Waals surface area contributed by atoms with E-state index in [1.54, 1.807) is 0 Å². The van der Waals surface area contributed by atoms with Gasteiger partial charge in [-0.2, -0.15) is 13.2 Å². The van der Waals surface area contributed by atoms with Crippen molar-refractivity contribution in [3.63, 3.8) is 0 Å². The summed E-state index contributed by atoms with van der Waals surface area (Å²) in [6, 6.07) is 0. The predicted molar refractivity (Wildman–Crippen MR) is 68.5 cm³/mol. The van der Waals surface area contributed by atoms with Crippen LogP contribution in [0.1, 0.15) is 64.7 Å². The van der Waals surface area contributed by atoms with E-state index in [0.717, 1.165) is 25.3 Å². The van der Waals surface area contributed by atoms with Gasteiger partial charge in [-0.05, 0) is 12.8 Å². The number of halogens is 3. The minimum absolute atomic E-state index is 0.0268. The molecule has 0 heterocycles. The van der Waals surface area contributed by atoms with Crippen LogP contribution in [0.4, 0.5) is 13.2 Å². The van der Waals surface area contributed by atoms with Crippen molar-refractivity contribution in [3.8, 4) is 0 Å². The van der Waals surface area contributed by atoms with Crippen molar-refractivity contribution < 1.29 is 18.3 Å². The molecule has 0 amide bonds. The Morgan fingerprint density at radius 1 is 0.944 bits per heavy atom. The number of aliphatic hydroxyl groups excluding tert-OH is 1. The average Bonchev–Trinajstić information content (AvgIpc) is 2.30. The van der Waals surface area contributed by atoms with E-state index < -0.39 is 18.4 Å². The predicted octanol–water partition coefficient (Wildman–Crippen LogP) is 5.00. The van der Waals surface area contributed by atoms with Crippen LogP contribution >= 0.6 is 0 Å². The molecule has 0 atom stereocenters. The molecule has 0 saturated heterocycles. The summed E-state index contributed by atoms with van der Waals surface area (Å²) in [4.78, 5) is 0. The average molecular weight is 266 g/mol. The molecule has 0 radical (unpaired) electrons. The Labute approximate surface area is 108 Å². The van der Waals surface area contributed by atoms with E-state index in [2.05, 4.69) is 6.92 Å². The lowest BCUT2D eigenvalue weighted by Crippen LogP contribution is -2.12. The molecule has 0 bridgehead atoms. The lowest BCUT2D eigenvalue weighted by molar-refractivity contribution is -0.0946. The third-order valence-corrected chi connectivity index (χ3v) is 3.00. The van der Waals surface area contributed by atoms with Crippen LogP contribution in [0.25, 0.3) is 0 Å². The van der Waals surface area contributed by atoms with Crippen LogP contribution in [0.3, 0.4) is 0 Å². The maximum atomic E-state index is 12.4. The summed E-state index contributed by atoms with van der Waals surface area (Å²) in [6.45, 7) is 1.62. The van der Waals surface area contributed by atoms with Gasteiger partial charge in [0, 0.05) is 5.57 Å². The van der Waals surface area contributed by atoms with Gasteiger partial charge >= 0.3 is 6.18 Å². The highest BCUT2D eigenvalue weighted by Crippen LogP contribution is 2.29. The largest absolute Gasteiger partial charge is 0.412 e. The van der Waals surface area contributed by atoms with Gasteiger partial charge < -0.3 is 5.11 Å². The third kappa shape index (κ3) is 9.51. The molecule has 0 rings (SSSR count). The van der Waals surface area contributed by atoms with Crippen molar-refractivity contribution >= 4 is 0 Å². The number of allylic oxidation sites excluding steroid dienone is 1. The molecule has 4 heteroatoms. The van der Waals surface area contributed by atoms with Gasteiger partial charge in [0.25, 0.3) is 0 Å². The van der Waals surface area contributed by atoms with Crippen molar-refractivity contribution in [2.45, 2.75) is 70.9 Å². The molecule has 0 saturated carbocycles. The van der Waals surface area contributed by atoms with Crippen molar-refractivity contribution in [1.29, 1.82) is 0 Å². The zero-order chi connectivity index (χ0) is 13.9. The van der Waals surface area contributed by atoms with Crippen LogP contribution in [-0.4, -0.2) is 17.9 Å². The minimum atomic E-state index is -4.29.